The van der Waals surface area contributed by atoms with E-state index in [9.17, 15) is 4.79 Å². The molecule has 0 saturated carbocycles. The number of carboxylic acid groups (broad SMARTS) is 1. The summed E-state index contributed by atoms with van der Waals surface area (Å²) in [5, 5.41) is 9.15. The van der Waals surface area contributed by atoms with Crippen LogP contribution in [0.5, 0.6) is 11.5 Å². The maximum Gasteiger partial charge on any atom is 0.306 e. The Bertz CT molecular complexity index is 527. The summed E-state index contributed by atoms with van der Waals surface area (Å²) in [6, 6.07) is 5.95. The zero-order valence-electron chi connectivity index (χ0n) is 12.1. The summed E-state index contributed by atoms with van der Waals surface area (Å²) < 4.78 is 16.5. The molecule has 3 unspecified atom stereocenters. The Balaban J connectivity index is 1.63. The molecule has 2 aliphatic rings. The van der Waals surface area contributed by atoms with Gasteiger partial charge >= 0.3 is 5.97 Å². The molecule has 5 heteroatoms. The monoisotopic (exact) mass is 292 g/mol. The maximum absolute atomic E-state index is 11.1. The average Bonchev–Trinajstić information content (AvgIpc) is 2.95. The summed E-state index contributed by atoms with van der Waals surface area (Å²) >= 11 is 0. The minimum absolute atomic E-state index is 0.00488. The molecule has 1 saturated heterocycles. The minimum atomic E-state index is -0.710. The van der Waals surface area contributed by atoms with E-state index in [2.05, 4.69) is 6.92 Å². The third-order valence-corrected chi connectivity index (χ3v) is 4.29. The van der Waals surface area contributed by atoms with Crippen LogP contribution in [0.25, 0.3) is 0 Å². The number of benzene rings is 1. The highest BCUT2D eigenvalue weighted by Gasteiger charge is 2.31. The molecule has 0 amide bonds. The van der Waals surface area contributed by atoms with Gasteiger partial charge in [0.15, 0.2) is 11.5 Å². The van der Waals surface area contributed by atoms with Crippen molar-refractivity contribution in [3.8, 4) is 11.5 Å². The highest BCUT2D eigenvalue weighted by Crippen LogP contribution is 2.34. The van der Waals surface area contributed by atoms with Crippen molar-refractivity contribution in [1.29, 1.82) is 0 Å². The van der Waals surface area contributed by atoms with Crippen LogP contribution in [0.3, 0.4) is 0 Å². The SMILES string of the molecule is CC(Cc1ccc2c(c1)OCO2)C1CC(C(=O)O)CCO1. The van der Waals surface area contributed by atoms with E-state index >= 15 is 0 Å². The zero-order chi connectivity index (χ0) is 14.8. The van der Waals surface area contributed by atoms with E-state index in [1.54, 1.807) is 0 Å². The Morgan fingerprint density at radius 3 is 3.00 bits per heavy atom. The first-order valence-electron chi connectivity index (χ1n) is 7.36. The Morgan fingerprint density at radius 2 is 2.19 bits per heavy atom. The van der Waals surface area contributed by atoms with E-state index in [-0.39, 0.29) is 24.7 Å². The van der Waals surface area contributed by atoms with Gasteiger partial charge in [-0.25, -0.2) is 0 Å². The van der Waals surface area contributed by atoms with Crippen molar-refractivity contribution in [3.63, 3.8) is 0 Å². The van der Waals surface area contributed by atoms with E-state index in [1.165, 1.54) is 0 Å². The smallest absolute Gasteiger partial charge is 0.306 e. The van der Waals surface area contributed by atoms with Crippen molar-refractivity contribution in [2.75, 3.05) is 13.4 Å². The number of fused-ring (bicyclic) bond motifs is 1. The highest BCUT2D eigenvalue weighted by atomic mass is 16.7. The zero-order valence-corrected chi connectivity index (χ0v) is 12.1. The molecule has 0 spiro atoms. The van der Waals surface area contributed by atoms with E-state index in [4.69, 9.17) is 19.3 Å². The second kappa shape index (κ2) is 5.93. The molecule has 1 aromatic rings. The molecule has 2 heterocycles. The molecule has 0 bridgehead atoms. The van der Waals surface area contributed by atoms with Gasteiger partial charge in [0.2, 0.25) is 6.79 Å². The molecule has 114 valence electrons. The van der Waals surface area contributed by atoms with Crippen molar-refractivity contribution in [2.24, 2.45) is 11.8 Å². The van der Waals surface area contributed by atoms with Crippen molar-refractivity contribution in [2.45, 2.75) is 32.3 Å². The Hall–Kier alpha value is -1.75. The molecule has 2 aliphatic heterocycles. The van der Waals surface area contributed by atoms with E-state index in [1.807, 2.05) is 18.2 Å². The van der Waals surface area contributed by atoms with Gasteiger partial charge in [-0.15, -0.1) is 0 Å². The molecule has 0 aromatic heterocycles. The molecular formula is C16H20O5. The van der Waals surface area contributed by atoms with Gasteiger partial charge in [0, 0.05) is 6.61 Å². The molecule has 1 aromatic carbocycles. The predicted molar refractivity (Wildman–Crippen MR) is 75.5 cm³/mol. The van der Waals surface area contributed by atoms with Gasteiger partial charge in [0.05, 0.1) is 12.0 Å². The molecule has 3 atom stereocenters. The number of carbonyl (C=O) groups is 1. The highest BCUT2D eigenvalue weighted by molar-refractivity contribution is 5.70. The van der Waals surface area contributed by atoms with Crippen LogP contribution in [0.15, 0.2) is 18.2 Å². The third kappa shape index (κ3) is 3.13. The van der Waals surface area contributed by atoms with Crippen molar-refractivity contribution >= 4 is 5.97 Å². The first kappa shape index (κ1) is 14.2. The largest absolute Gasteiger partial charge is 0.481 e. The first-order chi connectivity index (χ1) is 10.1. The van der Waals surface area contributed by atoms with Crippen molar-refractivity contribution < 1.29 is 24.1 Å². The van der Waals surface area contributed by atoms with E-state index in [0.29, 0.717) is 19.4 Å². The van der Waals surface area contributed by atoms with Crippen LogP contribution in [-0.4, -0.2) is 30.6 Å². The minimum Gasteiger partial charge on any atom is -0.481 e. The second-order valence-corrected chi connectivity index (χ2v) is 5.84. The Kier molecular flexibility index (Phi) is 4.01. The summed E-state index contributed by atoms with van der Waals surface area (Å²) in [7, 11) is 0. The quantitative estimate of drug-likeness (QED) is 0.923. The van der Waals surface area contributed by atoms with Gasteiger partial charge in [-0.3, -0.25) is 4.79 Å². The standard InChI is InChI=1S/C16H20O5/c1-10(14-8-12(16(17)18)4-5-19-14)6-11-2-3-13-15(7-11)21-9-20-13/h2-3,7,10,12,14H,4-6,8-9H2,1H3,(H,17,18). The Labute approximate surface area is 123 Å². The molecule has 5 nitrogen and oxygen atoms in total. The maximum atomic E-state index is 11.1. The number of aliphatic carboxylic acids is 1. The van der Waals surface area contributed by atoms with Gasteiger partial charge in [-0.1, -0.05) is 13.0 Å². The van der Waals surface area contributed by atoms with E-state index in [0.717, 1.165) is 23.5 Å². The molecular weight excluding hydrogens is 272 g/mol. The summed E-state index contributed by atoms with van der Waals surface area (Å²) in [5.74, 6) is 0.855. The molecule has 3 rings (SSSR count). The van der Waals surface area contributed by atoms with Crippen LogP contribution in [0.2, 0.25) is 0 Å². The molecule has 0 aliphatic carbocycles. The number of hydrogen-bond acceptors (Lipinski definition) is 4. The van der Waals surface area contributed by atoms with E-state index < -0.39 is 5.97 Å². The molecule has 1 N–H and O–H groups in total. The summed E-state index contributed by atoms with van der Waals surface area (Å²) in [4.78, 5) is 11.1. The number of carboxylic acids is 1. The average molecular weight is 292 g/mol. The Morgan fingerprint density at radius 1 is 1.38 bits per heavy atom. The summed E-state index contributed by atoms with van der Waals surface area (Å²) in [5.41, 5.74) is 1.16. The predicted octanol–water partition coefficient (Wildman–Crippen LogP) is 2.47. The number of rotatable bonds is 4. The van der Waals surface area contributed by atoms with Crippen molar-refractivity contribution in [1.82, 2.24) is 0 Å². The lowest BCUT2D eigenvalue weighted by Gasteiger charge is -2.31. The van der Waals surface area contributed by atoms with Crippen molar-refractivity contribution in [3.05, 3.63) is 23.8 Å². The van der Waals surface area contributed by atoms with Gasteiger partial charge in [0.1, 0.15) is 0 Å². The lowest BCUT2D eigenvalue weighted by Crippen LogP contribution is -2.34. The van der Waals surface area contributed by atoms with Crippen LogP contribution >= 0.6 is 0 Å². The number of ether oxygens (including phenoxy) is 3. The second-order valence-electron chi connectivity index (χ2n) is 5.84. The fourth-order valence-electron chi connectivity index (χ4n) is 3.02. The number of hydrogen-bond donors (Lipinski definition) is 1. The van der Waals surface area contributed by atoms with Gasteiger partial charge in [-0.2, -0.15) is 0 Å². The fourth-order valence-corrected chi connectivity index (χ4v) is 3.02. The molecule has 1 fully saturated rings. The van der Waals surface area contributed by atoms with Crippen LogP contribution in [-0.2, 0) is 16.0 Å². The van der Waals surface area contributed by atoms with Gasteiger partial charge in [0.25, 0.3) is 0 Å². The lowest BCUT2D eigenvalue weighted by molar-refractivity contribution is -0.148. The first-order valence-corrected chi connectivity index (χ1v) is 7.36. The van der Waals surface area contributed by atoms with Crippen LogP contribution in [0.1, 0.15) is 25.3 Å². The third-order valence-electron chi connectivity index (χ3n) is 4.29. The summed E-state index contributed by atoms with van der Waals surface area (Å²) in [6.07, 6.45) is 2.06. The molecule has 21 heavy (non-hydrogen) atoms. The van der Waals surface area contributed by atoms with Crippen LogP contribution < -0.4 is 9.47 Å². The lowest BCUT2D eigenvalue weighted by atomic mass is 9.86. The van der Waals surface area contributed by atoms with Gasteiger partial charge < -0.3 is 19.3 Å². The normalized spacial score (nSPS) is 25.6. The molecule has 0 radical (unpaired) electrons. The van der Waals surface area contributed by atoms with Gasteiger partial charge in [-0.05, 0) is 42.9 Å². The van der Waals surface area contributed by atoms with Crippen LogP contribution in [0.4, 0.5) is 0 Å². The fraction of sp³-hybridized carbons (Fsp3) is 0.562. The topological polar surface area (TPSA) is 65.0 Å². The summed E-state index contributed by atoms with van der Waals surface area (Å²) in [6.45, 7) is 2.92. The van der Waals surface area contributed by atoms with Crippen LogP contribution in [0, 0.1) is 11.8 Å².